The van der Waals surface area contributed by atoms with E-state index < -0.39 is 9.85 Å². The molecule has 0 amide bonds. The molecule has 1 heterocycles. The fourth-order valence-electron chi connectivity index (χ4n) is 2.28. The van der Waals surface area contributed by atoms with Crippen molar-refractivity contribution >= 4 is 17.1 Å². The van der Waals surface area contributed by atoms with Gasteiger partial charge in [0.15, 0.2) is 0 Å². The molecule has 8 heteroatoms. The predicted octanol–water partition coefficient (Wildman–Crippen LogP) is 1.29. The summed E-state index contributed by atoms with van der Waals surface area (Å²) < 4.78 is 0. The van der Waals surface area contributed by atoms with Crippen molar-refractivity contribution < 1.29 is 9.85 Å². The van der Waals surface area contributed by atoms with Crippen molar-refractivity contribution in [2.45, 2.75) is 6.42 Å². The highest BCUT2D eigenvalue weighted by Gasteiger charge is 2.28. The lowest BCUT2D eigenvalue weighted by molar-refractivity contribution is -0.393. The number of anilines is 1. The van der Waals surface area contributed by atoms with Crippen LogP contribution in [0.5, 0.6) is 0 Å². The molecule has 0 aromatic heterocycles. The number of nitrogens with zero attached hydrogens (tertiary/aromatic N) is 3. The maximum Gasteiger partial charge on any atom is 0.299 e. The first-order chi connectivity index (χ1) is 9.02. The third-order valence-electron chi connectivity index (χ3n) is 3.33. The minimum atomic E-state index is -0.635. The average molecular weight is 266 g/mol. The van der Waals surface area contributed by atoms with Crippen LogP contribution in [0.3, 0.4) is 0 Å². The largest absolute Gasteiger partial charge is 0.366 e. The van der Waals surface area contributed by atoms with E-state index in [1.54, 1.807) is 0 Å². The molecule has 1 aromatic carbocycles. The standard InChI is InChI=1S/C11H14N4O4/c12-6-8-3-4-13(7-8)10-2-1-9(14(16)17)5-11(10)15(18)19/h1-2,5,8H,3-4,6-7,12H2. The highest BCUT2D eigenvalue weighted by molar-refractivity contribution is 5.67. The molecular weight excluding hydrogens is 252 g/mol. The smallest absolute Gasteiger partial charge is 0.299 e. The van der Waals surface area contributed by atoms with Crippen molar-refractivity contribution in [3.05, 3.63) is 38.4 Å². The first kappa shape index (κ1) is 13.2. The topological polar surface area (TPSA) is 116 Å². The summed E-state index contributed by atoms with van der Waals surface area (Å²) in [6.45, 7) is 1.87. The summed E-state index contributed by atoms with van der Waals surface area (Å²) in [4.78, 5) is 22.3. The van der Waals surface area contributed by atoms with Crippen molar-refractivity contribution in [1.29, 1.82) is 0 Å². The van der Waals surface area contributed by atoms with Crippen LogP contribution < -0.4 is 10.6 Å². The number of nitro groups is 2. The zero-order valence-corrected chi connectivity index (χ0v) is 10.2. The van der Waals surface area contributed by atoms with E-state index in [1.807, 2.05) is 4.90 Å². The second kappa shape index (κ2) is 5.19. The van der Waals surface area contributed by atoms with Gasteiger partial charge in [0.2, 0.25) is 0 Å². The quantitative estimate of drug-likeness (QED) is 0.648. The second-order valence-electron chi connectivity index (χ2n) is 4.52. The van der Waals surface area contributed by atoms with Crippen LogP contribution in [0.2, 0.25) is 0 Å². The fourth-order valence-corrected chi connectivity index (χ4v) is 2.28. The molecule has 102 valence electrons. The first-order valence-electron chi connectivity index (χ1n) is 5.90. The molecule has 1 aliphatic heterocycles. The molecule has 0 bridgehead atoms. The van der Waals surface area contributed by atoms with Crippen LogP contribution in [0.25, 0.3) is 0 Å². The van der Waals surface area contributed by atoms with Gasteiger partial charge in [0.05, 0.1) is 15.9 Å². The van der Waals surface area contributed by atoms with Crippen LogP contribution in [0.15, 0.2) is 18.2 Å². The Bertz CT molecular complexity index is 519. The molecule has 1 saturated heterocycles. The Labute approximate surface area is 109 Å². The summed E-state index contributed by atoms with van der Waals surface area (Å²) in [6, 6.07) is 3.73. The van der Waals surface area contributed by atoms with Crippen molar-refractivity contribution in [2.75, 3.05) is 24.5 Å². The van der Waals surface area contributed by atoms with E-state index in [0.29, 0.717) is 31.2 Å². The lowest BCUT2D eigenvalue weighted by atomic mass is 10.1. The SMILES string of the molecule is NCC1CCN(c2ccc([N+](=O)[O-])cc2[N+](=O)[O-])C1. The lowest BCUT2D eigenvalue weighted by Gasteiger charge is -2.18. The van der Waals surface area contributed by atoms with Crippen LogP contribution in [-0.2, 0) is 0 Å². The number of non-ortho nitro benzene ring substituents is 1. The van der Waals surface area contributed by atoms with Crippen molar-refractivity contribution in [2.24, 2.45) is 11.7 Å². The van der Waals surface area contributed by atoms with E-state index >= 15 is 0 Å². The number of hydrogen-bond donors (Lipinski definition) is 1. The van der Waals surface area contributed by atoms with Crippen molar-refractivity contribution in [3.8, 4) is 0 Å². The van der Waals surface area contributed by atoms with Gasteiger partial charge in [-0.15, -0.1) is 0 Å². The summed E-state index contributed by atoms with van der Waals surface area (Å²) in [5, 5.41) is 21.7. The maximum atomic E-state index is 11.0. The molecule has 0 radical (unpaired) electrons. The highest BCUT2D eigenvalue weighted by atomic mass is 16.6. The third kappa shape index (κ3) is 2.63. The van der Waals surface area contributed by atoms with Crippen LogP contribution in [0, 0.1) is 26.1 Å². The zero-order valence-electron chi connectivity index (χ0n) is 10.2. The molecule has 1 aliphatic rings. The van der Waals surface area contributed by atoms with Crippen LogP contribution in [-0.4, -0.2) is 29.5 Å². The molecule has 1 atom stereocenters. The molecule has 19 heavy (non-hydrogen) atoms. The summed E-state index contributed by atoms with van der Waals surface area (Å²) in [5.41, 5.74) is 5.51. The summed E-state index contributed by atoms with van der Waals surface area (Å²) in [6.07, 6.45) is 0.880. The molecule has 1 fully saturated rings. The Hall–Kier alpha value is -2.22. The Morgan fingerprint density at radius 3 is 2.58 bits per heavy atom. The van der Waals surface area contributed by atoms with Gasteiger partial charge >= 0.3 is 0 Å². The van der Waals surface area contributed by atoms with Gasteiger partial charge in [-0.2, -0.15) is 0 Å². The zero-order chi connectivity index (χ0) is 14.0. The third-order valence-corrected chi connectivity index (χ3v) is 3.33. The number of hydrogen-bond acceptors (Lipinski definition) is 6. The molecule has 0 spiro atoms. The van der Waals surface area contributed by atoms with E-state index in [4.69, 9.17) is 5.73 Å². The minimum Gasteiger partial charge on any atom is -0.366 e. The molecular formula is C11H14N4O4. The van der Waals surface area contributed by atoms with E-state index in [1.165, 1.54) is 12.1 Å². The Kier molecular flexibility index (Phi) is 3.61. The van der Waals surface area contributed by atoms with E-state index in [9.17, 15) is 20.2 Å². The normalized spacial score (nSPS) is 18.6. The van der Waals surface area contributed by atoms with E-state index in [0.717, 1.165) is 12.5 Å². The van der Waals surface area contributed by atoms with Gasteiger partial charge in [0.25, 0.3) is 11.4 Å². The highest BCUT2D eigenvalue weighted by Crippen LogP contribution is 2.34. The molecule has 0 saturated carbocycles. The van der Waals surface area contributed by atoms with Gasteiger partial charge in [0, 0.05) is 19.2 Å². The van der Waals surface area contributed by atoms with Gasteiger partial charge in [-0.3, -0.25) is 20.2 Å². The van der Waals surface area contributed by atoms with Crippen LogP contribution in [0.4, 0.5) is 17.1 Å². The molecule has 2 N–H and O–H groups in total. The van der Waals surface area contributed by atoms with Gasteiger partial charge in [-0.1, -0.05) is 0 Å². The van der Waals surface area contributed by atoms with Gasteiger partial charge in [-0.05, 0) is 24.9 Å². The minimum absolute atomic E-state index is 0.230. The molecule has 0 aliphatic carbocycles. The van der Waals surface area contributed by atoms with Crippen LogP contribution in [0.1, 0.15) is 6.42 Å². The molecule has 2 rings (SSSR count). The fraction of sp³-hybridized carbons (Fsp3) is 0.455. The molecule has 1 unspecified atom stereocenters. The first-order valence-corrected chi connectivity index (χ1v) is 5.90. The molecule has 8 nitrogen and oxygen atoms in total. The predicted molar refractivity (Wildman–Crippen MR) is 69.1 cm³/mol. The van der Waals surface area contributed by atoms with E-state index in [2.05, 4.69) is 0 Å². The van der Waals surface area contributed by atoms with E-state index in [-0.39, 0.29) is 11.4 Å². The number of nitro benzene ring substituents is 2. The lowest BCUT2D eigenvalue weighted by Crippen LogP contribution is -2.23. The summed E-state index contributed by atoms with van der Waals surface area (Å²) >= 11 is 0. The summed E-state index contributed by atoms with van der Waals surface area (Å²) in [5.74, 6) is 0.315. The van der Waals surface area contributed by atoms with Crippen LogP contribution >= 0.6 is 0 Å². The second-order valence-corrected chi connectivity index (χ2v) is 4.52. The Balaban J connectivity index is 2.35. The maximum absolute atomic E-state index is 11.0. The average Bonchev–Trinajstić information content (AvgIpc) is 2.86. The Morgan fingerprint density at radius 1 is 1.32 bits per heavy atom. The van der Waals surface area contributed by atoms with Gasteiger partial charge in [-0.25, -0.2) is 0 Å². The number of nitrogens with two attached hydrogens (primary N) is 1. The van der Waals surface area contributed by atoms with Gasteiger partial charge in [0.1, 0.15) is 5.69 Å². The summed E-state index contributed by atoms with van der Waals surface area (Å²) in [7, 11) is 0. The van der Waals surface area contributed by atoms with Crippen molar-refractivity contribution in [3.63, 3.8) is 0 Å². The number of rotatable bonds is 4. The van der Waals surface area contributed by atoms with Gasteiger partial charge < -0.3 is 10.6 Å². The van der Waals surface area contributed by atoms with Crippen molar-refractivity contribution in [1.82, 2.24) is 0 Å². The number of benzene rings is 1. The Morgan fingerprint density at radius 2 is 2.05 bits per heavy atom. The monoisotopic (exact) mass is 266 g/mol. The molecule has 1 aromatic rings.